The number of carbonyl (C=O) groups excluding carboxylic acids is 1. The van der Waals surface area contributed by atoms with Gasteiger partial charge < -0.3 is 15.0 Å². The van der Waals surface area contributed by atoms with Gasteiger partial charge in [-0.25, -0.2) is 0 Å². The van der Waals surface area contributed by atoms with Gasteiger partial charge in [-0.3, -0.25) is 4.79 Å². The Morgan fingerprint density at radius 2 is 2.14 bits per heavy atom. The maximum Gasteiger partial charge on any atom is 0.220 e. The molecule has 0 radical (unpaired) electrons. The molecule has 0 aliphatic carbocycles. The van der Waals surface area contributed by atoms with E-state index in [4.69, 9.17) is 4.74 Å². The van der Waals surface area contributed by atoms with E-state index in [2.05, 4.69) is 23.3 Å². The van der Waals surface area contributed by atoms with E-state index in [9.17, 15) is 4.79 Å². The van der Waals surface area contributed by atoms with Crippen LogP contribution in [0.3, 0.4) is 0 Å². The number of fused-ring (bicyclic) bond motifs is 1. The molecule has 1 aromatic heterocycles. The molecule has 0 saturated heterocycles. The quantitative estimate of drug-likeness (QED) is 0.697. The summed E-state index contributed by atoms with van der Waals surface area (Å²) in [5.41, 5.74) is 2.32. The predicted octanol–water partition coefficient (Wildman–Crippen LogP) is 3.03. The van der Waals surface area contributed by atoms with Gasteiger partial charge in [0.1, 0.15) is 0 Å². The number of unbranched alkanes of at least 4 members (excludes halogenated alkanes) is 1. The Morgan fingerprint density at radius 1 is 1.29 bits per heavy atom. The predicted molar refractivity (Wildman–Crippen MR) is 85.4 cm³/mol. The molecule has 2 N–H and O–H groups in total. The van der Waals surface area contributed by atoms with Crippen LogP contribution in [0, 0.1) is 0 Å². The molecule has 21 heavy (non-hydrogen) atoms. The summed E-state index contributed by atoms with van der Waals surface area (Å²) in [6, 6.07) is 8.16. The Morgan fingerprint density at radius 3 is 3.00 bits per heavy atom. The number of amides is 1. The Bertz CT molecular complexity index is 563. The maximum atomic E-state index is 11.8. The van der Waals surface area contributed by atoms with Crippen molar-refractivity contribution in [2.45, 2.75) is 32.6 Å². The van der Waals surface area contributed by atoms with Gasteiger partial charge >= 0.3 is 0 Å². The van der Waals surface area contributed by atoms with Crippen LogP contribution in [0.4, 0.5) is 0 Å². The number of para-hydroxylation sites is 1. The average molecular weight is 288 g/mol. The lowest BCUT2D eigenvalue weighted by molar-refractivity contribution is -0.121. The number of ether oxygens (including phenoxy) is 1. The van der Waals surface area contributed by atoms with Crippen LogP contribution in [-0.4, -0.2) is 30.6 Å². The summed E-state index contributed by atoms with van der Waals surface area (Å²) >= 11 is 0. The van der Waals surface area contributed by atoms with Crippen LogP contribution >= 0.6 is 0 Å². The number of nitrogens with one attached hydrogen (secondary N) is 2. The van der Waals surface area contributed by atoms with Gasteiger partial charge in [-0.2, -0.15) is 0 Å². The van der Waals surface area contributed by atoms with Gasteiger partial charge in [0.05, 0.1) is 6.61 Å². The summed E-state index contributed by atoms with van der Waals surface area (Å²) in [6.07, 6.45) is 5.47. The maximum absolute atomic E-state index is 11.8. The minimum atomic E-state index is 0.0828. The summed E-state index contributed by atoms with van der Waals surface area (Å²) in [5, 5.41) is 4.10. The minimum Gasteiger partial charge on any atom is -0.380 e. The zero-order valence-corrected chi connectivity index (χ0v) is 12.7. The van der Waals surface area contributed by atoms with Crippen LogP contribution in [-0.2, 0) is 16.0 Å². The number of aromatic nitrogens is 1. The standard InChI is InChI=1S/C17H24N2O2/c1-2-3-11-21-12-10-18-17(20)9-8-14-13-19-16-7-5-4-6-15(14)16/h4-7,13,19H,2-3,8-12H2,1H3,(H,18,20). The van der Waals surface area contributed by atoms with Gasteiger partial charge in [0, 0.05) is 36.7 Å². The lowest BCUT2D eigenvalue weighted by Gasteiger charge is -2.06. The van der Waals surface area contributed by atoms with Crippen molar-refractivity contribution in [3.8, 4) is 0 Å². The van der Waals surface area contributed by atoms with E-state index in [0.29, 0.717) is 19.6 Å². The van der Waals surface area contributed by atoms with Crippen LogP contribution in [0.25, 0.3) is 10.9 Å². The Balaban J connectivity index is 1.67. The minimum absolute atomic E-state index is 0.0828. The molecule has 0 saturated carbocycles. The van der Waals surface area contributed by atoms with E-state index >= 15 is 0 Å². The third-order valence-electron chi connectivity index (χ3n) is 3.51. The molecule has 0 unspecified atom stereocenters. The van der Waals surface area contributed by atoms with Crippen molar-refractivity contribution in [3.63, 3.8) is 0 Å². The van der Waals surface area contributed by atoms with Gasteiger partial charge in [-0.15, -0.1) is 0 Å². The van der Waals surface area contributed by atoms with Gasteiger partial charge in [-0.1, -0.05) is 31.5 Å². The lowest BCUT2D eigenvalue weighted by Crippen LogP contribution is -2.27. The summed E-state index contributed by atoms with van der Waals surface area (Å²) in [4.78, 5) is 15.0. The second kappa shape index (κ2) is 8.47. The van der Waals surface area contributed by atoms with Gasteiger partial charge in [0.2, 0.25) is 5.91 Å². The molecule has 4 nitrogen and oxygen atoms in total. The van der Waals surface area contributed by atoms with Crippen molar-refractivity contribution in [2.24, 2.45) is 0 Å². The first-order valence-corrected chi connectivity index (χ1v) is 7.70. The third kappa shape index (κ3) is 4.90. The highest BCUT2D eigenvalue weighted by atomic mass is 16.5. The van der Waals surface area contributed by atoms with E-state index in [1.807, 2.05) is 24.4 Å². The number of carbonyl (C=O) groups is 1. The number of benzene rings is 1. The molecule has 1 aromatic carbocycles. The number of rotatable bonds is 9. The van der Waals surface area contributed by atoms with Crippen molar-refractivity contribution in [2.75, 3.05) is 19.8 Å². The molecule has 1 amide bonds. The SMILES string of the molecule is CCCCOCCNC(=O)CCc1c[nH]c2ccccc12. The molecule has 114 valence electrons. The van der Waals surface area contributed by atoms with Crippen LogP contribution < -0.4 is 5.32 Å². The van der Waals surface area contributed by atoms with E-state index < -0.39 is 0 Å². The van der Waals surface area contributed by atoms with E-state index in [1.54, 1.807) is 0 Å². The molecule has 1 heterocycles. The molecule has 4 heteroatoms. The average Bonchev–Trinajstić information content (AvgIpc) is 2.92. The first-order valence-electron chi connectivity index (χ1n) is 7.70. The lowest BCUT2D eigenvalue weighted by atomic mass is 10.1. The summed E-state index contributed by atoms with van der Waals surface area (Å²) in [6.45, 7) is 4.10. The van der Waals surface area contributed by atoms with Crippen LogP contribution in [0.1, 0.15) is 31.7 Å². The monoisotopic (exact) mass is 288 g/mol. The van der Waals surface area contributed by atoms with E-state index in [1.165, 1.54) is 10.9 Å². The smallest absolute Gasteiger partial charge is 0.220 e. The first kappa shape index (κ1) is 15.6. The highest BCUT2D eigenvalue weighted by molar-refractivity contribution is 5.84. The van der Waals surface area contributed by atoms with E-state index in [0.717, 1.165) is 31.4 Å². The van der Waals surface area contributed by atoms with Crippen molar-refractivity contribution in [1.29, 1.82) is 0 Å². The zero-order chi connectivity index (χ0) is 14.9. The normalized spacial score (nSPS) is 10.9. The van der Waals surface area contributed by atoms with Crippen molar-refractivity contribution < 1.29 is 9.53 Å². The highest BCUT2D eigenvalue weighted by Crippen LogP contribution is 2.18. The fraction of sp³-hybridized carbons (Fsp3) is 0.471. The Hall–Kier alpha value is -1.81. The molecule has 0 aliphatic rings. The molecule has 2 rings (SSSR count). The summed E-state index contributed by atoms with van der Waals surface area (Å²) in [5.74, 6) is 0.0828. The van der Waals surface area contributed by atoms with Crippen molar-refractivity contribution >= 4 is 16.8 Å². The highest BCUT2D eigenvalue weighted by Gasteiger charge is 2.06. The largest absolute Gasteiger partial charge is 0.380 e. The number of hydrogen-bond donors (Lipinski definition) is 2. The molecule has 0 aliphatic heterocycles. The Kier molecular flexibility index (Phi) is 6.28. The van der Waals surface area contributed by atoms with Crippen molar-refractivity contribution in [3.05, 3.63) is 36.0 Å². The third-order valence-corrected chi connectivity index (χ3v) is 3.51. The van der Waals surface area contributed by atoms with Gasteiger partial charge in [0.25, 0.3) is 0 Å². The molecule has 2 aromatic rings. The van der Waals surface area contributed by atoms with Crippen LogP contribution in [0.5, 0.6) is 0 Å². The van der Waals surface area contributed by atoms with Gasteiger partial charge in [0.15, 0.2) is 0 Å². The summed E-state index contributed by atoms with van der Waals surface area (Å²) < 4.78 is 5.41. The number of aromatic amines is 1. The van der Waals surface area contributed by atoms with E-state index in [-0.39, 0.29) is 5.91 Å². The second-order valence-electron chi connectivity index (χ2n) is 5.18. The number of H-pyrrole nitrogens is 1. The number of hydrogen-bond acceptors (Lipinski definition) is 2. The molecular weight excluding hydrogens is 264 g/mol. The van der Waals surface area contributed by atoms with Crippen LogP contribution in [0.2, 0.25) is 0 Å². The first-order chi connectivity index (χ1) is 10.3. The molecule has 0 spiro atoms. The molecule has 0 fully saturated rings. The second-order valence-corrected chi connectivity index (χ2v) is 5.18. The van der Waals surface area contributed by atoms with Crippen LogP contribution in [0.15, 0.2) is 30.5 Å². The molecule has 0 atom stereocenters. The topological polar surface area (TPSA) is 54.1 Å². The number of aryl methyl sites for hydroxylation is 1. The fourth-order valence-electron chi connectivity index (χ4n) is 2.29. The van der Waals surface area contributed by atoms with Gasteiger partial charge in [-0.05, 0) is 24.5 Å². The summed E-state index contributed by atoms with van der Waals surface area (Å²) in [7, 11) is 0. The molecule has 0 bridgehead atoms. The van der Waals surface area contributed by atoms with Crippen molar-refractivity contribution in [1.82, 2.24) is 10.3 Å². The zero-order valence-electron chi connectivity index (χ0n) is 12.7. The molecular formula is C17H24N2O2. The Labute approximate surface area is 125 Å². The fourth-order valence-corrected chi connectivity index (χ4v) is 2.29.